The summed E-state index contributed by atoms with van der Waals surface area (Å²) in [7, 11) is 4.19. The van der Waals surface area contributed by atoms with Gasteiger partial charge in [0.25, 0.3) is 0 Å². The summed E-state index contributed by atoms with van der Waals surface area (Å²) in [5, 5.41) is 5.53. The minimum Gasteiger partial charge on any atom is -1.00 e. The van der Waals surface area contributed by atoms with Crippen LogP contribution in [0.3, 0.4) is 0 Å². The van der Waals surface area contributed by atoms with Gasteiger partial charge in [-0.25, -0.2) is 0 Å². The predicted octanol–water partition coefficient (Wildman–Crippen LogP) is 6.36. The molecule has 1 aliphatic rings. The third kappa shape index (κ3) is 103. The molecule has 48 heavy (non-hydrogen) atoms. The number of amides is 1. The molecule has 0 aromatic carbocycles. The van der Waals surface area contributed by atoms with Crippen LogP contribution in [-0.4, -0.2) is 101 Å². The molecule has 1 fully saturated rings. The number of carbonyl (C=O) groups is 2. The summed E-state index contributed by atoms with van der Waals surface area (Å²) in [5.41, 5.74) is 4.50. The van der Waals surface area contributed by atoms with E-state index in [0.29, 0.717) is 12.8 Å². The van der Waals surface area contributed by atoms with Crippen LogP contribution in [0.25, 0.3) is 0 Å². The number of halogens is 2. The molecule has 298 valence electrons. The number of rotatable bonds is 18. The van der Waals surface area contributed by atoms with E-state index < -0.39 is 7.15 Å². The second-order valence-corrected chi connectivity index (χ2v) is 10.2. The minimum atomic E-state index is -1.00. The number of hydrogen-bond donors (Lipinski definition) is 3. The smallest absolute Gasteiger partial charge is 1.00 e. The molecule has 1 aliphatic heterocycles. The molecule has 4 N–H and O–H groups in total. The molecule has 0 unspecified atom stereocenters. The second-order valence-electron chi connectivity index (χ2n) is 9.75. The second kappa shape index (κ2) is 86.2. The Kier molecular flexibility index (Phi) is 132. The van der Waals surface area contributed by atoms with Gasteiger partial charge in [0.05, 0.1) is 8.52 Å². The number of carbonyl (C=O) groups excluding carboxylic acids is 2. The van der Waals surface area contributed by atoms with E-state index in [1.54, 1.807) is 7.05 Å². The van der Waals surface area contributed by atoms with Crippen LogP contribution in [0.4, 0.5) is 4.39 Å². The Labute approximate surface area is 334 Å². The van der Waals surface area contributed by atoms with Crippen LogP contribution < -0.4 is 35.2 Å². The largest absolute Gasteiger partial charge is 1.00 e. The standard InChI is InChI=1S/C8H17NO.C7H13ClO.C7H17N.C6H15N.C4H8O.CH3F.CH5N.3CH4.Al.Li.4H/c1-3-4-5-6-7-8(10)9-2;1-2-3-4-5-6-7(8)9;1-3-4-5-6-7-8-2;1-4-7(5-2)6-3;1-2-4-5-3-1;2*1-2;;;;;;;;;/h3-7H2,1-2H3,(H,9,10);2-6H2,1H3;8H,3-7H2,1-2H3;4-6H2,1-3H3;1-4H2;1H3;2H2,1H3;3*1H4;;;;;;/q;;;;;;;;;;;+1;;;;-1/i;;;;;1D;;;;;;;;;;. The molecular formula is C37H94AlClFLiN4O3. The van der Waals surface area contributed by atoms with Crippen molar-refractivity contribution in [3.8, 4) is 0 Å². The van der Waals surface area contributed by atoms with Crippen LogP contribution in [0.15, 0.2) is 0 Å². The van der Waals surface area contributed by atoms with Crippen molar-refractivity contribution in [3.63, 3.8) is 0 Å². The van der Waals surface area contributed by atoms with Gasteiger partial charge in [-0.05, 0) is 84.0 Å². The van der Waals surface area contributed by atoms with Crippen molar-refractivity contribution in [2.45, 2.75) is 167 Å². The Bertz CT molecular complexity index is 479. The molecule has 0 atom stereocenters. The van der Waals surface area contributed by atoms with Crippen molar-refractivity contribution in [1.29, 1.82) is 0 Å². The third-order valence-corrected chi connectivity index (χ3v) is 6.40. The summed E-state index contributed by atoms with van der Waals surface area (Å²) in [6, 6.07) is 0. The molecule has 0 aromatic heterocycles. The number of nitrogens with zero attached hydrogens (tertiary/aromatic N) is 1. The first-order valence-corrected chi connectivity index (χ1v) is 17.4. The van der Waals surface area contributed by atoms with E-state index in [-0.39, 0.29) is 71.1 Å². The van der Waals surface area contributed by atoms with Crippen molar-refractivity contribution in [2.75, 3.05) is 67.7 Å². The monoisotopic (exact) mass is 732 g/mol. The first-order valence-electron chi connectivity index (χ1n) is 17.7. The topological polar surface area (TPSA) is 96.7 Å². The summed E-state index contributed by atoms with van der Waals surface area (Å²) in [4.78, 5) is 23.2. The van der Waals surface area contributed by atoms with Crippen LogP contribution in [0, 0.1) is 0 Å². The molecule has 1 amide bonds. The summed E-state index contributed by atoms with van der Waals surface area (Å²) in [5.74, 6) is 0.163. The SMILES string of the molecule is C.C.C.C1CCOC1.CCCCCCC(=O)Cl.CCCCCCC(=O)NC.CCCCCCNC.CCN(CC)CC.CN.[2H]CF.[AlH3].[H-].[Li+]. The molecule has 0 spiro atoms. The molecule has 1 heterocycles. The molecule has 0 aliphatic carbocycles. The normalized spacial score (nSPS) is 9.90. The molecule has 0 saturated carbocycles. The van der Waals surface area contributed by atoms with Crippen molar-refractivity contribution < 1.29 is 40.4 Å². The number of nitrogens with two attached hydrogens (primary N) is 1. The fourth-order valence-corrected chi connectivity index (χ4v) is 3.57. The number of nitrogens with one attached hydrogen (secondary N) is 2. The Morgan fingerprint density at radius 3 is 1.35 bits per heavy atom. The van der Waals surface area contributed by atoms with Gasteiger partial charge in [0, 0.05) is 33.1 Å². The molecule has 11 heteroatoms. The summed E-state index contributed by atoms with van der Waals surface area (Å²) < 4.78 is 20.4. The number of hydrogen-bond acceptors (Lipinski definition) is 6. The fraction of sp³-hybridized carbons (Fsp3) is 0.946. The first-order chi connectivity index (χ1) is 21.3. The molecular weight excluding hydrogens is 637 g/mol. The van der Waals surface area contributed by atoms with Gasteiger partial charge in [-0.3, -0.25) is 14.0 Å². The van der Waals surface area contributed by atoms with Gasteiger partial charge in [0.1, 0.15) is 0 Å². The third-order valence-electron chi connectivity index (χ3n) is 6.21. The van der Waals surface area contributed by atoms with Crippen LogP contribution >= 0.6 is 11.6 Å². The van der Waals surface area contributed by atoms with Crippen LogP contribution in [0.5, 0.6) is 0 Å². The van der Waals surface area contributed by atoms with E-state index in [1.165, 1.54) is 104 Å². The van der Waals surface area contributed by atoms with Crippen molar-refractivity contribution in [1.82, 2.24) is 15.5 Å². The van der Waals surface area contributed by atoms with E-state index in [9.17, 15) is 14.0 Å². The zero-order chi connectivity index (χ0) is 35.1. The Morgan fingerprint density at radius 1 is 0.771 bits per heavy atom. The number of unbranched alkanes of at least 4 members (excludes halogenated alkanes) is 9. The van der Waals surface area contributed by atoms with E-state index >= 15 is 0 Å². The van der Waals surface area contributed by atoms with Crippen LogP contribution in [0.1, 0.15) is 169 Å². The van der Waals surface area contributed by atoms with Crippen LogP contribution in [0.2, 0.25) is 0 Å². The fourth-order valence-electron chi connectivity index (χ4n) is 3.44. The van der Waals surface area contributed by atoms with Gasteiger partial charge in [-0.2, -0.15) is 0 Å². The summed E-state index contributed by atoms with van der Waals surface area (Å²) in [6.07, 6.45) is 18.4. The average Bonchev–Trinajstić information content (AvgIpc) is 3.64. The molecule has 7 nitrogen and oxygen atoms in total. The van der Waals surface area contributed by atoms with Crippen molar-refractivity contribution in [3.05, 3.63) is 0 Å². The summed E-state index contributed by atoms with van der Waals surface area (Å²) in [6.45, 7) is 19.8. The van der Waals surface area contributed by atoms with Gasteiger partial charge in [0.2, 0.25) is 11.1 Å². The maximum atomic E-state index is 10.7. The van der Waals surface area contributed by atoms with Gasteiger partial charge >= 0.3 is 18.9 Å². The van der Waals surface area contributed by atoms with E-state index in [1.807, 2.05) is 7.05 Å². The number of ether oxygens (including phenoxy) is 1. The van der Waals surface area contributed by atoms with E-state index in [4.69, 9.17) is 17.7 Å². The molecule has 1 rings (SSSR count). The maximum Gasteiger partial charge on any atom is 1.00 e. The van der Waals surface area contributed by atoms with Gasteiger partial charge in [-0.15, -0.1) is 0 Å². The minimum absolute atomic E-state index is 0. The predicted molar refractivity (Wildman–Crippen MR) is 222 cm³/mol. The number of alkyl halides is 1. The first kappa shape index (κ1) is 73.7. The molecule has 0 radical (unpaired) electrons. The van der Waals surface area contributed by atoms with Gasteiger partial charge < -0.3 is 27.4 Å². The maximum absolute atomic E-state index is 10.7. The van der Waals surface area contributed by atoms with Crippen molar-refractivity contribution in [2.24, 2.45) is 5.73 Å². The zero-order valence-corrected chi connectivity index (χ0v) is 32.0. The summed E-state index contributed by atoms with van der Waals surface area (Å²) >= 11 is 5.12. The Morgan fingerprint density at radius 2 is 1.12 bits per heavy atom. The van der Waals surface area contributed by atoms with Gasteiger partial charge in [-0.1, -0.05) is 122 Å². The van der Waals surface area contributed by atoms with E-state index in [0.717, 1.165) is 32.5 Å². The molecule has 1 saturated heterocycles. The van der Waals surface area contributed by atoms with Crippen LogP contribution in [-0.2, 0) is 14.3 Å². The van der Waals surface area contributed by atoms with E-state index in [2.05, 4.69) is 62.8 Å². The Hall–Kier alpha value is 0.330. The Balaban J connectivity index is -0.0000000342. The zero-order valence-electron chi connectivity index (χ0n) is 33.3. The average molecular weight is 733 g/mol. The van der Waals surface area contributed by atoms with Gasteiger partial charge in [0.15, 0.2) is 17.4 Å². The van der Waals surface area contributed by atoms with Crippen molar-refractivity contribution >= 4 is 40.1 Å². The quantitative estimate of drug-likeness (QED) is 0.0864. The molecule has 0 aromatic rings. The molecule has 0 bridgehead atoms.